The van der Waals surface area contributed by atoms with Gasteiger partial charge in [-0.05, 0) is 6.92 Å². The first-order chi connectivity index (χ1) is 6.08. The molecular weight excluding hydrogens is 186 g/mol. The Labute approximate surface area is 80.6 Å². The fourth-order valence-electron chi connectivity index (χ4n) is 1.08. The summed E-state index contributed by atoms with van der Waals surface area (Å²) in [5.74, 6) is 1.10. The van der Waals surface area contributed by atoms with Gasteiger partial charge in [0.15, 0.2) is 0 Å². The summed E-state index contributed by atoms with van der Waals surface area (Å²) in [6.07, 6.45) is 3.61. The summed E-state index contributed by atoms with van der Waals surface area (Å²) in [6.45, 7) is 1.86. The van der Waals surface area contributed by atoms with Crippen LogP contribution in [0.3, 0.4) is 0 Å². The average molecular weight is 201 g/mol. The Balaban J connectivity index is 2.45. The number of nitrogens with two attached hydrogens (primary N) is 1. The molecule has 2 unspecified atom stereocenters. The lowest BCUT2D eigenvalue weighted by Gasteiger charge is -2.02. The molecule has 1 rings (SSSR count). The van der Waals surface area contributed by atoms with Crippen molar-refractivity contribution in [3.63, 3.8) is 0 Å². The third-order valence-corrected chi connectivity index (χ3v) is 3.09. The van der Waals surface area contributed by atoms with Crippen LogP contribution in [0, 0.1) is 0 Å². The molecule has 1 aromatic rings. The van der Waals surface area contributed by atoms with E-state index in [4.69, 9.17) is 5.73 Å². The first-order valence-corrected chi connectivity index (χ1v) is 5.65. The zero-order chi connectivity index (χ0) is 9.84. The SMILES string of the molecule is CC(N)CS(=O)Cc1cnn(C)c1. The van der Waals surface area contributed by atoms with E-state index in [1.165, 1.54) is 0 Å². The Hall–Kier alpha value is -0.680. The number of aryl methyl sites for hydroxylation is 1. The Morgan fingerprint density at radius 3 is 2.92 bits per heavy atom. The maximum Gasteiger partial charge on any atom is 0.0531 e. The van der Waals surface area contributed by atoms with Crippen LogP contribution in [0.2, 0.25) is 0 Å². The molecule has 2 N–H and O–H groups in total. The van der Waals surface area contributed by atoms with Gasteiger partial charge < -0.3 is 5.73 Å². The molecule has 0 saturated carbocycles. The standard InChI is InChI=1S/C8H15N3OS/c1-7(9)5-13(12)6-8-3-10-11(2)4-8/h3-4,7H,5-6,9H2,1-2H3. The Morgan fingerprint density at radius 1 is 1.77 bits per heavy atom. The van der Waals surface area contributed by atoms with Crippen molar-refractivity contribution in [1.29, 1.82) is 0 Å². The smallest absolute Gasteiger partial charge is 0.0531 e. The van der Waals surface area contributed by atoms with E-state index in [0.29, 0.717) is 11.5 Å². The Morgan fingerprint density at radius 2 is 2.46 bits per heavy atom. The van der Waals surface area contributed by atoms with Crippen molar-refractivity contribution < 1.29 is 4.21 Å². The fraction of sp³-hybridized carbons (Fsp3) is 0.625. The van der Waals surface area contributed by atoms with Crippen LogP contribution in [0.25, 0.3) is 0 Å². The fourth-order valence-corrected chi connectivity index (χ4v) is 2.31. The zero-order valence-corrected chi connectivity index (χ0v) is 8.75. The van der Waals surface area contributed by atoms with Crippen molar-refractivity contribution in [2.75, 3.05) is 5.75 Å². The van der Waals surface area contributed by atoms with Crippen molar-refractivity contribution >= 4 is 10.8 Å². The van der Waals surface area contributed by atoms with Crippen molar-refractivity contribution in [3.8, 4) is 0 Å². The van der Waals surface area contributed by atoms with Crippen LogP contribution in [-0.2, 0) is 23.6 Å². The molecule has 0 aliphatic rings. The van der Waals surface area contributed by atoms with Gasteiger partial charge in [-0.3, -0.25) is 8.89 Å². The molecule has 0 amide bonds. The molecule has 1 aromatic heterocycles. The molecule has 2 atom stereocenters. The van der Waals surface area contributed by atoms with Gasteiger partial charge in [0.25, 0.3) is 0 Å². The molecule has 1 heterocycles. The van der Waals surface area contributed by atoms with E-state index in [1.54, 1.807) is 10.9 Å². The summed E-state index contributed by atoms with van der Waals surface area (Å²) >= 11 is 0. The normalized spacial score (nSPS) is 15.6. The molecule has 4 nitrogen and oxygen atoms in total. The minimum absolute atomic E-state index is 0.00231. The van der Waals surface area contributed by atoms with Gasteiger partial charge >= 0.3 is 0 Å². The second kappa shape index (κ2) is 4.53. The number of hydrogen-bond acceptors (Lipinski definition) is 3. The van der Waals surface area contributed by atoms with Crippen LogP contribution in [0.4, 0.5) is 0 Å². The van der Waals surface area contributed by atoms with Crippen molar-refractivity contribution in [2.24, 2.45) is 12.8 Å². The summed E-state index contributed by atoms with van der Waals surface area (Å²) < 4.78 is 13.1. The molecule has 0 saturated heterocycles. The lowest BCUT2D eigenvalue weighted by Crippen LogP contribution is -2.23. The molecule has 0 spiro atoms. The van der Waals surface area contributed by atoms with Gasteiger partial charge in [0.1, 0.15) is 0 Å². The van der Waals surface area contributed by atoms with Gasteiger partial charge in [0.05, 0.1) is 11.9 Å². The molecule has 0 radical (unpaired) electrons. The molecule has 0 fully saturated rings. The largest absolute Gasteiger partial charge is 0.327 e. The van der Waals surface area contributed by atoms with Gasteiger partial charge in [0, 0.05) is 41.4 Å². The van der Waals surface area contributed by atoms with Crippen molar-refractivity contribution in [1.82, 2.24) is 9.78 Å². The van der Waals surface area contributed by atoms with Gasteiger partial charge in [-0.1, -0.05) is 0 Å². The average Bonchev–Trinajstić information content (AvgIpc) is 2.33. The minimum Gasteiger partial charge on any atom is -0.327 e. The van der Waals surface area contributed by atoms with Crippen LogP contribution in [0.15, 0.2) is 12.4 Å². The predicted molar refractivity (Wildman–Crippen MR) is 53.6 cm³/mol. The summed E-state index contributed by atoms with van der Waals surface area (Å²) in [5, 5.41) is 4.00. The summed E-state index contributed by atoms with van der Waals surface area (Å²) in [5.41, 5.74) is 6.54. The molecule has 5 heteroatoms. The maximum atomic E-state index is 11.4. The summed E-state index contributed by atoms with van der Waals surface area (Å²) in [6, 6.07) is -0.00231. The third-order valence-electron chi connectivity index (χ3n) is 1.53. The third kappa shape index (κ3) is 3.69. The molecule has 74 valence electrons. The highest BCUT2D eigenvalue weighted by Crippen LogP contribution is 2.01. The highest BCUT2D eigenvalue weighted by atomic mass is 32.2. The molecule has 13 heavy (non-hydrogen) atoms. The molecular formula is C8H15N3OS. The van der Waals surface area contributed by atoms with E-state index in [9.17, 15) is 4.21 Å². The Kier molecular flexibility index (Phi) is 3.62. The zero-order valence-electron chi connectivity index (χ0n) is 7.93. The van der Waals surface area contributed by atoms with E-state index in [-0.39, 0.29) is 6.04 Å². The van der Waals surface area contributed by atoms with Crippen LogP contribution in [0.5, 0.6) is 0 Å². The number of nitrogens with zero attached hydrogens (tertiary/aromatic N) is 2. The Bertz CT molecular complexity index is 295. The number of aromatic nitrogens is 2. The molecule has 0 aliphatic carbocycles. The minimum atomic E-state index is -0.866. The van der Waals surface area contributed by atoms with E-state index < -0.39 is 10.8 Å². The lowest BCUT2D eigenvalue weighted by molar-refractivity contribution is 0.676. The lowest BCUT2D eigenvalue weighted by atomic mass is 10.4. The summed E-state index contributed by atoms with van der Waals surface area (Å²) in [7, 11) is 0.979. The van der Waals surface area contributed by atoms with Crippen LogP contribution >= 0.6 is 0 Å². The highest BCUT2D eigenvalue weighted by Gasteiger charge is 2.05. The predicted octanol–water partition coefficient (Wildman–Crippen LogP) is 0.0160. The van der Waals surface area contributed by atoms with Crippen molar-refractivity contribution in [3.05, 3.63) is 18.0 Å². The van der Waals surface area contributed by atoms with Crippen LogP contribution < -0.4 is 5.73 Å². The van der Waals surface area contributed by atoms with Gasteiger partial charge in [-0.25, -0.2) is 0 Å². The molecule has 0 aliphatic heterocycles. The first kappa shape index (κ1) is 10.4. The number of hydrogen-bond donors (Lipinski definition) is 1. The number of rotatable bonds is 4. The van der Waals surface area contributed by atoms with E-state index in [1.807, 2.05) is 20.2 Å². The monoisotopic (exact) mass is 201 g/mol. The highest BCUT2D eigenvalue weighted by molar-refractivity contribution is 7.84. The van der Waals surface area contributed by atoms with Gasteiger partial charge in [0.2, 0.25) is 0 Å². The second-order valence-electron chi connectivity index (χ2n) is 3.25. The van der Waals surface area contributed by atoms with Gasteiger partial charge in [-0.15, -0.1) is 0 Å². The van der Waals surface area contributed by atoms with Crippen molar-refractivity contribution in [2.45, 2.75) is 18.7 Å². The maximum absolute atomic E-state index is 11.4. The molecule has 0 aromatic carbocycles. The van der Waals surface area contributed by atoms with Crippen LogP contribution in [-0.4, -0.2) is 25.8 Å². The van der Waals surface area contributed by atoms with E-state index >= 15 is 0 Å². The second-order valence-corrected chi connectivity index (χ2v) is 4.75. The molecule has 0 bridgehead atoms. The first-order valence-electron chi connectivity index (χ1n) is 4.16. The van der Waals surface area contributed by atoms with Crippen LogP contribution in [0.1, 0.15) is 12.5 Å². The summed E-state index contributed by atoms with van der Waals surface area (Å²) in [4.78, 5) is 0. The van der Waals surface area contributed by atoms with E-state index in [0.717, 1.165) is 5.56 Å². The quantitative estimate of drug-likeness (QED) is 0.747. The van der Waals surface area contributed by atoms with Gasteiger partial charge in [-0.2, -0.15) is 5.10 Å². The van der Waals surface area contributed by atoms with E-state index in [2.05, 4.69) is 5.10 Å². The topological polar surface area (TPSA) is 60.9 Å².